The first-order valence-electron chi connectivity index (χ1n) is 11.2. The van der Waals surface area contributed by atoms with Crippen LogP contribution in [0.15, 0.2) is 30.3 Å². The molecule has 2 aliphatic heterocycles. The average Bonchev–Trinajstić information content (AvgIpc) is 3.37. The maximum absolute atomic E-state index is 13.5. The highest BCUT2D eigenvalue weighted by Gasteiger charge is 2.59. The maximum atomic E-state index is 13.5. The fraction of sp³-hybridized carbons (Fsp3) is 0.522. The van der Waals surface area contributed by atoms with E-state index in [2.05, 4.69) is 4.90 Å². The SMILES string of the molecule is COC1CCN(c2ccc(C)c(-c3ccc4c(c3)N(C)S(=O)(=O)N4CC3CC3(F)F)n2)CC1. The van der Waals surface area contributed by atoms with Crippen molar-refractivity contribution in [1.29, 1.82) is 0 Å². The molecule has 1 saturated carbocycles. The Morgan fingerprint density at radius 2 is 1.85 bits per heavy atom. The molecule has 0 bridgehead atoms. The van der Waals surface area contributed by atoms with Gasteiger partial charge in [-0.2, -0.15) is 8.42 Å². The number of nitrogens with zero attached hydrogens (tertiary/aromatic N) is 4. The molecule has 0 spiro atoms. The van der Waals surface area contributed by atoms with Crippen LogP contribution in [-0.4, -0.2) is 59.2 Å². The summed E-state index contributed by atoms with van der Waals surface area (Å²) in [6.45, 7) is 3.48. The summed E-state index contributed by atoms with van der Waals surface area (Å²) in [6.07, 6.45) is 1.89. The molecule has 1 aromatic heterocycles. The Morgan fingerprint density at radius 1 is 1.15 bits per heavy atom. The molecule has 1 aliphatic carbocycles. The molecule has 2 fully saturated rings. The Balaban J connectivity index is 1.46. The number of benzene rings is 1. The number of hydrogen-bond donors (Lipinski definition) is 0. The Bertz CT molecular complexity index is 1180. The molecule has 178 valence electrons. The van der Waals surface area contributed by atoms with E-state index >= 15 is 0 Å². The van der Waals surface area contributed by atoms with Crippen molar-refractivity contribution >= 4 is 27.4 Å². The quantitative estimate of drug-likeness (QED) is 0.654. The fourth-order valence-corrected chi connectivity index (χ4v) is 6.16. The van der Waals surface area contributed by atoms with Crippen molar-refractivity contribution in [2.45, 2.75) is 38.2 Å². The van der Waals surface area contributed by atoms with Crippen LogP contribution in [0, 0.1) is 12.8 Å². The molecule has 3 heterocycles. The number of anilines is 3. The van der Waals surface area contributed by atoms with Gasteiger partial charge in [0.25, 0.3) is 5.92 Å². The second kappa shape index (κ2) is 7.80. The maximum Gasteiger partial charge on any atom is 0.326 e. The van der Waals surface area contributed by atoms with Crippen LogP contribution in [0.4, 0.5) is 26.0 Å². The standard InChI is InChI=1S/C23H28F2N4O3S/c1-15-4-7-21(28-10-8-18(32-3)9-11-28)26-22(15)16-5-6-19-20(12-16)27(2)33(30,31)29(19)14-17-13-23(17,24)25/h4-7,12,17-18H,8-11,13-14H2,1-3H3. The van der Waals surface area contributed by atoms with Crippen LogP contribution in [0.1, 0.15) is 24.8 Å². The molecule has 10 heteroatoms. The third-order valence-corrected chi connectivity index (χ3v) is 8.80. The van der Waals surface area contributed by atoms with Gasteiger partial charge in [0.05, 0.1) is 23.2 Å². The highest BCUT2D eigenvalue weighted by atomic mass is 32.2. The molecular weight excluding hydrogens is 450 g/mol. The molecule has 0 amide bonds. The lowest BCUT2D eigenvalue weighted by Gasteiger charge is -2.32. The summed E-state index contributed by atoms with van der Waals surface area (Å²) in [4.78, 5) is 7.14. The lowest BCUT2D eigenvalue weighted by Crippen LogP contribution is -2.37. The number of rotatable bonds is 5. The fourth-order valence-electron chi connectivity index (χ4n) is 4.70. The number of alkyl halides is 2. The predicted octanol–water partition coefficient (Wildman–Crippen LogP) is 3.83. The molecule has 5 rings (SSSR count). The van der Waals surface area contributed by atoms with Crippen LogP contribution in [0.25, 0.3) is 11.3 Å². The topological polar surface area (TPSA) is 66.0 Å². The zero-order chi connectivity index (χ0) is 23.5. The molecule has 1 unspecified atom stereocenters. The van der Waals surface area contributed by atoms with Gasteiger partial charge in [0, 0.05) is 51.7 Å². The number of piperidine rings is 1. The number of aromatic nitrogens is 1. The van der Waals surface area contributed by atoms with Gasteiger partial charge in [-0.15, -0.1) is 0 Å². The van der Waals surface area contributed by atoms with Crippen LogP contribution in [0.2, 0.25) is 0 Å². The summed E-state index contributed by atoms with van der Waals surface area (Å²) in [5.41, 5.74) is 3.45. The highest BCUT2D eigenvalue weighted by Crippen LogP contribution is 2.51. The van der Waals surface area contributed by atoms with Crippen molar-refractivity contribution in [2.75, 3.05) is 47.3 Å². The third kappa shape index (κ3) is 3.82. The van der Waals surface area contributed by atoms with Gasteiger partial charge in [-0.05, 0) is 43.5 Å². The van der Waals surface area contributed by atoms with Crippen LogP contribution >= 0.6 is 0 Å². The molecule has 0 N–H and O–H groups in total. The zero-order valence-corrected chi connectivity index (χ0v) is 19.8. The number of halogens is 2. The van der Waals surface area contributed by atoms with E-state index in [1.54, 1.807) is 19.2 Å². The summed E-state index contributed by atoms with van der Waals surface area (Å²) in [6, 6.07) is 9.34. The average molecular weight is 479 g/mol. The Labute approximate surface area is 193 Å². The summed E-state index contributed by atoms with van der Waals surface area (Å²) >= 11 is 0. The van der Waals surface area contributed by atoms with E-state index in [9.17, 15) is 17.2 Å². The first-order valence-corrected chi connectivity index (χ1v) is 12.6. The largest absolute Gasteiger partial charge is 0.381 e. The van der Waals surface area contributed by atoms with Crippen molar-refractivity contribution in [3.05, 3.63) is 35.9 Å². The Hall–Kier alpha value is -2.46. The molecule has 7 nitrogen and oxygen atoms in total. The number of ether oxygens (including phenoxy) is 1. The van der Waals surface area contributed by atoms with Gasteiger partial charge in [0.15, 0.2) is 0 Å². The van der Waals surface area contributed by atoms with Crippen molar-refractivity contribution < 1.29 is 21.9 Å². The van der Waals surface area contributed by atoms with Gasteiger partial charge in [-0.25, -0.2) is 13.8 Å². The number of pyridine rings is 1. The van der Waals surface area contributed by atoms with E-state index < -0.39 is 22.0 Å². The van der Waals surface area contributed by atoms with Crippen LogP contribution in [-0.2, 0) is 14.9 Å². The minimum Gasteiger partial charge on any atom is -0.381 e. The number of methoxy groups -OCH3 is 1. The molecule has 2 aromatic rings. The number of aryl methyl sites for hydroxylation is 1. The van der Waals surface area contributed by atoms with Crippen LogP contribution in [0.3, 0.4) is 0 Å². The van der Waals surface area contributed by atoms with E-state index in [1.807, 2.05) is 25.1 Å². The Morgan fingerprint density at radius 3 is 2.48 bits per heavy atom. The highest BCUT2D eigenvalue weighted by molar-refractivity contribution is 7.94. The molecular formula is C23H28F2N4O3S. The van der Waals surface area contributed by atoms with Crippen molar-refractivity contribution in [1.82, 2.24) is 4.98 Å². The monoisotopic (exact) mass is 478 g/mol. The lowest BCUT2D eigenvalue weighted by molar-refractivity contribution is 0.0818. The van der Waals surface area contributed by atoms with Gasteiger partial charge in [0.1, 0.15) is 5.82 Å². The first-order chi connectivity index (χ1) is 15.6. The molecule has 0 radical (unpaired) electrons. The molecule has 3 aliphatic rings. The van der Waals surface area contributed by atoms with E-state index in [1.165, 1.54) is 11.4 Å². The number of fused-ring (bicyclic) bond motifs is 1. The smallest absolute Gasteiger partial charge is 0.326 e. The van der Waals surface area contributed by atoms with E-state index in [-0.39, 0.29) is 19.1 Å². The minimum absolute atomic E-state index is 0.212. The first kappa shape index (κ1) is 22.3. The van der Waals surface area contributed by atoms with Crippen molar-refractivity contribution in [3.8, 4) is 11.3 Å². The Kier molecular flexibility index (Phi) is 5.28. The van der Waals surface area contributed by atoms with Gasteiger partial charge in [0.2, 0.25) is 0 Å². The second-order valence-electron chi connectivity index (χ2n) is 9.13. The normalized spacial score (nSPS) is 23.7. The van der Waals surface area contributed by atoms with Gasteiger partial charge in [-0.3, -0.25) is 8.61 Å². The van der Waals surface area contributed by atoms with Gasteiger partial charge < -0.3 is 9.64 Å². The summed E-state index contributed by atoms with van der Waals surface area (Å²) < 4.78 is 60.5. The molecule has 33 heavy (non-hydrogen) atoms. The molecule has 1 saturated heterocycles. The van der Waals surface area contributed by atoms with Gasteiger partial charge in [-0.1, -0.05) is 12.1 Å². The summed E-state index contributed by atoms with van der Waals surface area (Å²) in [5.74, 6) is -2.84. The summed E-state index contributed by atoms with van der Waals surface area (Å²) in [7, 11) is -0.680. The second-order valence-corrected chi connectivity index (χ2v) is 11.0. The third-order valence-electron chi connectivity index (χ3n) is 7.00. The molecule has 1 atom stereocenters. The van der Waals surface area contributed by atoms with Crippen molar-refractivity contribution in [2.24, 2.45) is 5.92 Å². The van der Waals surface area contributed by atoms with E-state index in [0.29, 0.717) is 11.4 Å². The zero-order valence-electron chi connectivity index (χ0n) is 19.0. The van der Waals surface area contributed by atoms with Crippen LogP contribution in [0.5, 0.6) is 0 Å². The van der Waals surface area contributed by atoms with E-state index in [0.717, 1.165) is 52.9 Å². The number of hydrogen-bond acceptors (Lipinski definition) is 5. The van der Waals surface area contributed by atoms with Gasteiger partial charge >= 0.3 is 10.2 Å². The van der Waals surface area contributed by atoms with Crippen molar-refractivity contribution in [3.63, 3.8) is 0 Å². The molecule has 1 aromatic carbocycles. The lowest BCUT2D eigenvalue weighted by atomic mass is 10.0. The minimum atomic E-state index is -3.88. The van der Waals surface area contributed by atoms with E-state index in [4.69, 9.17) is 9.72 Å². The predicted molar refractivity (Wildman–Crippen MR) is 124 cm³/mol. The van der Waals surface area contributed by atoms with Crippen LogP contribution < -0.4 is 13.5 Å². The summed E-state index contributed by atoms with van der Waals surface area (Å²) in [5, 5.41) is 0.